The standard InChI is InChI=1S/C24H22N4OS/c1-17-16-20-22(25-21(26-23(20)30-17)18-8-4-2-5-9-18)27-12-14-28(15-13-27)24(29)19-10-6-3-7-11-19/h2-11,16H,12-15H2,1H3. The monoisotopic (exact) mass is 414 g/mol. The number of rotatable bonds is 3. The summed E-state index contributed by atoms with van der Waals surface area (Å²) in [6.07, 6.45) is 0. The van der Waals surface area contributed by atoms with Crippen molar-refractivity contribution in [3.63, 3.8) is 0 Å². The number of hydrogen-bond donors (Lipinski definition) is 0. The molecule has 1 fully saturated rings. The number of aryl methyl sites for hydroxylation is 1. The Labute approximate surface area is 179 Å². The fourth-order valence-corrected chi connectivity index (χ4v) is 4.74. The number of thiophene rings is 1. The van der Waals surface area contributed by atoms with Gasteiger partial charge in [-0.05, 0) is 25.1 Å². The maximum atomic E-state index is 12.8. The van der Waals surface area contributed by atoms with Gasteiger partial charge >= 0.3 is 0 Å². The van der Waals surface area contributed by atoms with Crippen LogP contribution in [-0.2, 0) is 0 Å². The molecule has 6 heteroatoms. The van der Waals surface area contributed by atoms with Crippen LogP contribution < -0.4 is 4.90 Å². The average molecular weight is 415 g/mol. The molecule has 2 aromatic heterocycles. The lowest BCUT2D eigenvalue weighted by molar-refractivity contribution is 0.0746. The smallest absolute Gasteiger partial charge is 0.253 e. The Bertz CT molecular complexity index is 1180. The van der Waals surface area contributed by atoms with Crippen molar-refractivity contribution >= 4 is 33.3 Å². The lowest BCUT2D eigenvalue weighted by Gasteiger charge is -2.35. The van der Waals surface area contributed by atoms with Crippen molar-refractivity contribution in [2.75, 3.05) is 31.1 Å². The van der Waals surface area contributed by atoms with E-state index >= 15 is 0 Å². The number of benzene rings is 2. The summed E-state index contributed by atoms with van der Waals surface area (Å²) in [4.78, 5) is 29.0. The van der Waals surface area contributed by atoms with Crippen LogP contribution in [0.3, 0.4) is 0 Å². The zero-order chi connectivity index (χ0) is 20.5. The van der Waals surface area contributed by atoms with Crippen molar-refractivity contribution in [1.29, 1.82) is 0 Å². The number of aromatic nitrogens is 2. The molecular weight excluding hydrogens is 392 g/mol. The van der Waals surface area contributed by atoms with E-state index in [9.17, 15) is 4.79 Å². The van der Waals surface area contributed by atoms with Gasteiger partial charge in [0.25, 0.3) is 5.91 Å². The predicted octanol–water partition coefficient (Wildman–Crippen LogP) is 4.63. The molecule has 0 N–H and O–H groups in total. The Balaban J connectivity index is 1.43. The molecule has 5 nitrogen and oxygen atoms in total. The highest BCUT2D eigenvalue weighted by Gasteiger charge is 2.25. The molecule has 30 heavy (non-hydrogen) atoms. The molecule has 1 saturated heterocycles. The first-order valence-electron chi connectivity index (χ1n) is 10.1. The van der Waals surface area contributed by atoms with E-state index in [1.54, 1.807) is 11.3 Å². The van der Waals surface area contributed by atoms with Crippen molar-refractivity contribution in [2.45, 2.75) is 6.92 Å². The molecule has 0 spiro atoms. The van der Waals surface area contributed by atoms with E-state index in [-0.39, 0.29) is 5.91 Å². The van der Waals surface area contributed by atoms with Crippen molar-refractivity contribution in [2.24, 2.45) is 0 Å². The first kappa shape index (κ1) is 18.8. The Morgan fingerprint density at radius 2 is 1.57 bits per heavy atom. The van der Waals surface area contributed by atoms with Crippen LogP contribution in [0.4, 0.5) is 5.82 Å². The van der Waals surface area contributed by atoms with Crippen LogP contribution in [0.15, 0.2) is 66.7 Å². The summed E-state index contributed by atoms with van der Waals surface area (Å²) < 4.78 is 0. The van der Waals surface area contributed by atoms with Crippen LogP contribution in [0.1, 0.15) is 15.2 Å². The van der Waals surface area contributed by atoms with Crippen molar-refractivity contribution in [3.8, 4) is 11.4 Å². The number of nitrogens with zero attached hydrogens (tertiary/aromatic N) is 4. The predicted molar refractivity (Wildman–Crippen MR) is 122 cm³/mol. The van der Waals surface area contributed by atoms with Crippen molar-refractivity contribution in [3.05, 3.63) is 77.2 Å². The van der Waals surface area contributed by atoms with Gasteiger partial charge in [-0.1, -0.05) is 48.5 Å². The summed E-state index contributed by atoms with van der Waals surface area (Å²) in [6, 6.07) is 21.8. The molecule has 150 valence electrons. The Kier molecular flexibility index (Phi) is 4.93. The molecule has 0 aliphatic carbocycles. The lowest BCUT2D eigenvalue weighted by atomic mass is 10.1. The Hall–Kier alpha value is -3.25. The summed E-state index contributed by atoms with van der Waals surface area (Å²) in [7, 11) is 0. The Morgan fingerprint density at radius 3 is 2.27 bits per heavy atom. The third-order valence-corrected chi connectivity index (χ3v) is 6.36. The van der Waals surface area contributed by atoms with E-state index in [2.05, 4.69) is 17.9 Å². The summed E-state index contributed by atoms with van der Waals surface area (Å²) in [5.41, 5.74) is 1.76. The van der Waals surface area contributed by atoms with Gasteiger partial charge in [-0.3, -0.25) is 4.79 Å². The highest BCUT2D eigenvalue weighted by molar-refractivity contribution is 7.18. The number of carbonyl (C=O) groups is 1. The van der Waals surface area contributed by atoms with Gasteiger partial charge in [0.1, 0.15) is 10.6 Å². The highest BCUT2D eigenvalue weighted by Crippen LogP contribution is 2.33. The molecule has 4 aromatic rings. The largest absolute Gasteiger partial charge is 0.352 e. The minimum Gasteiger partial charge on any atom is -0.352 e. The molecular formula is C24H22N4OS. The summed E-state index contributed by atoms with van der Waals surface area (Å²) in [5, 5.41) is 1.10. The maximum Gasteiger partial charge on any atom is 0.253 e. The van der Waals surface area contributed by atoms with E-state index in [1.807, 2.05) is 65.6 Å². The first-order chi connectivity index (χ1) is 14.7. The van der Waals surface area contributed by atoms with Crippen LogP contribution >= 0.6 is 11.3 Å². The van der Waals surface area contributed by atoms with Gasteiger partial charge in [0.2, 0.25) is 0 Å². The fraction of sp³-hybridized carbons (Fsp3) is 0.208. The van der Waals surface area contributed by atoms with Gasteiger partial charge in [0.05, 0.1) is 5.39 Å². The molecule has 2 aromatic carbocycles. The maximum absolute atomic E-state index is 12.8. The summed E-state index contributed by atoms with van der Waals surface area (Å²) in [6.45, 7) is 4.99. The van der Waals surface area contributed by atoms with Gasteiger partial charge in [-0.15, -0.1) is 11.3 Å². The van der Waals surface area contributed by atoms with Crippen LogP contribution in [-0.4, -0.2) is 47.0 Å². The number of carbonyl (C=O) groups excluding carboxylic acids is 1. The van der Waals surface area contributed by atoms with E-state index in [0.717, 1.165) is 46.1 Å². The van der Waals surface area contributed by atoms with Gasteiger partial charge in [0, 0.05) is 42.2 Å². The van der Waals surface area contributed by atoms with Crippen molar-refractivity contribution < 1.29 is 4.79 Å². The second kappa shape index (κ2) is 7.88. The number of hydrogen-bond acceptors (Lipinski definition) is 5. The molecule has 0 unspecified atom stereocenters. The second-order valence-electron chi connectivity index (χ2n) is 7.46. The van der Waals surface area contributed by atoms with Gasteiger partial charge in [-0.25, -0.2) is 9.97 Å². The fourth-order valence-electron chi connectivity index (χ4n) is 3.87. The van der Waals surface area contributed by atoms with E-state index in [1.165, 1.54) is 4.88 Å². The molecule has 0 saturated carbocycles. The molecule has 0 atom stereocenters. The third kappa shape index (κ3) is 3.55. The van der Waals surface area contributed by atoms with E-state index < -0.39 is 0 Å². The van der Waals surface area contributed by atoms with Crippen LogP contribution in [0.25, 0.3) is 21.6 Å². The van der Waals surface area contributed by atoms with Gasteiger partial charge in [-0.2, -0.15) is 0 Å². The van der Waals surface area contributed by atoms with E-state index in [0.29, 0.717) is 13.1 Å². The second-order valence-corrected chi connectivity index (χ2v) is 8.69. The zero-order valence-electron chi connectivity index (χ0n) is 16.8. The minimum atomic E-state index is 0.0967. The normalized spacial score (nSPS) is 14.3. The van der Waals surface area contributed by atoms with Crippen LogP contribution in [0.5, 0.6) is 0 Å². The van der Waals surface area contributed by atoms with Crippen molar-refractivity contribution in [1.82, 2.24) is 14.9 Å². The molecule has 0 radical (unpaired) electrons. The Morgan fingerprint density at radius 1 is 0.900 bits per heavy atom. The molecule has 3 heterocycles. The first-order valence-corrected chi connectivity index (χ1v) is 10.9. The quantitative estimate of drug-likeness (QED) is 0.490. The van der Waals surface area contributed by atoms with Gasteiger partial charge in [0.15, 0.2) is 5.82 Å². The summed E-state index contributed by atoms with van der Waals surface area (Å²) in [5.74, 6) is 1.82. The lowest BCUT2D eigenvalue weighted by Crippen LogP contribution is -2.49. The topological polar surface area (TPSA) is 49.3 Å². The number of piperazine rings is 1. The summed E-state index contributed by atoms with van der Waals surface area (Å²) >= 11 is 1.70. The van der Waals surface area contributed by atoms with Crippen LogP contribution in [0, 0.1) is 6.92 Å². The molecule has 1 amide bonds. The molecule has 0 bridgehead atoms. The molecule has 1 aliphatic heterocycles. The van der Waals surface area contributed by atoms with E-state index in [4.69, 9.17) is 9.97 Å². The van der Waals surface area contributed by atoms with Crippen LogP contribution in [0.2, 0.25) is 0 Å². The third-order valence-electron chi connectivity index (χ3n) is 5.41. The number of amides is 1. The number of fused-ring (bicyclic) bond motifs is 1. The average Bonchev–Trinajstić information content (AvgIpc) is 3.19. The number of anilines is 1. The SMILES string of the molecule is Cc1cc2c(N3CCN(C(=O)c4ccccc4)CC3)nc(-c3ccccc3)nc2s1. The molecule has 1 aliphatic rings. The minimum absolute atomic E-state index is 0.0967. The highest BCUT2D eigenvalue weighted by atomic mass is 32.1. The molecule has 5 rings (SSSR count). The van der Waals surface area contributed by atoms with Gasteiger partial charge < -0.3 is 9.80 Å². The zero-order valence-corrected chi connectivity index (χ0v) is 17.6.